The van der Waals surface area contributed by atoms with Crippen molar-refractivity contribution >= 4 is 35.4 Å². The topological polar surface area (TPSA) is 125 Å². The maximum Gasteiger partial charge on any atom is 0.410 e. The number of pyridine rings is 2. The fourth-order valence-corrected chi connectivity index (χ4v) is 6.27. The standard InChI is InChI=1S/C18H26ClFN2O4.C18H24ClFN2O2.CH4/c1-17(2,3)26-16(25)22-6-4-18(20,5-7-22)15-14(19)9-12(10-21-15)8-13(24)11-23;1-5-6-13-11-14(19)15(21-12-13)18(20)7-9-22(10-8-18)16(23)24-17(2,3)4;/h9-10,13,23-24H,4-8,11H2,1-3H3;5,11-12H,1,6-10H2,2-4H3;1H4/t13-;;/m0../s1. The van der Waals surface area contributed by atoms with Crippen LogP contribution in [0.1, 0.15) is 97.2 Å². The zero-order valence-corrected chi connectivity index (χ0v) is 31.3. The van der Waals surface area contributed by atoms with Gasteiger partial charge in [0, 0.05) is 70.7 Å². The zero-order valence-electron chi connectivity index (χ0n) is 29.8. The average Bonchev–Trinajstić information content (AvgIpc) is 3.00. The van der Waals surface area contributed by atoms with Crippen molar-refractivity contribution in [2.45, 2.75) is 116 Å². The lowest BCUT2D eigenvalue weighted by atomic mass is 9.89. The Labute approximate surface area is 311 Å². The monoisotopic (exact) mass is 758 g/mol. The summed E-state index contributed by atoms with van der Waals surface area (Å²) in [4.78, 5) is 35.6. The van der Waals surface area contributed by atoms with Crippen LogP contribution in [0, 0.1) is 0 Å². The van der Waals surface area contributed by atoms with E-state index >= 15 is 8.78 Å². The number of likely N-dealkylation sites (tertiary alicyclic amines) is 2. The lowest BCUT2D eigenvalue weighted by molar-refractivity contribution is 0.000102. The first kappa shape index (κ1) is 44.1. The van der Waals surface area contributed by atoms with Crippen LogP contribution in [0.3, 0.4) is 0 Å². The molecule has 2 aromatic heterocycles. The normalized spacial score (nSPS) is 17.6. The fraction of sp³-hybridized carbons (Fsp3) is 0.622. The number of hydrogen-bond acceptors (Lipinski definition) is 8. The molecule has 2 aliphatic rings. The Morgan fingerprint density at radius 3 is 1.57 bits per heavy atom. The van der Waals surface area contributed by atoms with Crippen molar-refractivity contribution < 1.29 is 38.1 Å². The summed E-state index contributed by atoms with van der Waals surface area (Å²) in [7, 11) is 0. The van der Waals surface area contributed by atoms with Crippen LogP contribution in [0.4, 0.5) is 18.4 Å². The third-order valence-corrected chi connectivity index (χ3v) is 8.70. The van der Waals surface area contributed by atoms with Gasteiger partial charge in [0.25, 0.3) is 0 Å². The SMILES string of the molecule is C.C=CCc1cnc(C2(F)CCN(C(=O)OC(C)(C)C)CC2)c(Cl)c1.CC(C)(C)OC(=O)N1CCC(F)(c2ncc(C[C@H](O)CO)cc2Cl)CC1. The molecular weight excluding hydrogens is 705 g/mol. The molecule has 10 nitrogen and oxygen atoms in total. The van der Waals surface area contributed by atoms with Gasteiger partial charge < -0.3 is 29.5 Å². The molecule has 2 N–H and O–H groups in total. The van der Waals surface area contributed by atoms with Crippen LogP contribution in [0.15, 0.2) is 37.2 Å². The van der Waals surface area contributed by atoms with E-state index < -0.39 is 40.8 Å². The van der Waals surface area contributed by atoms with Crippen molar-refractivity contribution in [3.05, 3.63) is 69.7 Å². The smallest absolute Gasteiger partial charge is 0.410 e. The molecule has 0 aliphatic carbocycles. The van der Waals surface area contributed by atoms with E-state index in [0.717, 1.165) is 5.56 Å². The summed E-state index contributed by atoms with van der Waals surface area (Å²) in [5.41, 5.74) is -2.59. The van der Waals surface area contributed by atoms with Gasteiger partial charge in [-0.2, -0.15) is 0 Å². The van der Waals surface area contributed by atoms with Gasteiger partial charge in [0.15, 0.2) is 11.3 Å². The fourth-order valence-electron chi connectivity index (χ4n) is 5.56. The largest absolute Gasteiger partial charge is 0.444 e. The molecule has 2 saturated heterocycles. The van der Waals surface area contributed by atoms with Crippen molar-refractivity contribution in [2.75, 3.05) is 32.8 Å². The van der Waals surface area contributed by atoms with Crippen LogP contribution in [0.2, 0.25) is 10.0 Å². The van der Waals surface area contributed by atoms with E-state index in [1.807, 2.05) is 20.8 Å². The summed E-state index contributed by atoms with van der Waals surface area (Å²) in [6, 6.07) is 3.29. The number of aliphatic hydroxyl groups is 2. The van der Waals surface area contributed by atoms with Crippen molar-refractivity contribution in [3.8, 4) is 0 Å². The number of rotatable bonds is 7. The van der Waals surface area contributed by atoms with Crippen molar-refractivity contribution in [1.29, 1.82) is 0 Å². The summed E-state index contributed by atoms with van der Waals surface area (Å²) in [5, 5.41) is 18.9. The number of halogens is 4. The highest BCUT2D eigenvalue weighted by molar-refractivity contribution is 6.31. The molecular formula is C37H54Cl2F2N4O6. The molecule has 0 saturated carbocycles. The van der Waals surface area contributed by atoms with E-state index in [4.69, 9.17) is 37.8 Å². The Morgan fingerprint density at radius 2 is 1.24 bits per heavy atom. The average molecular weight is 760 g/mol. The van der Waals surface area contributed by atoms with Gasteiger partial charge in [-0.05, 0) is 71.2 Å². The predicted molar refractivity (Wildman–Crippen MR) is 196 cm³/mol. The lowest BCUT2D eigenvalue weighted by Gasteiger charge is -2.37. The third kappa shape index (κ3) is 12.8. The van der Waals surface area contributed by atoms with Gasteiger partial charge in [0.2, 0.25) is 0 Å². The molecule has 0 bridgehead atoms. The number of carbonyl (C=O) groups excluding carboxylic acids is 2. The first-order valence-electron chi connectivity index (χ1n) is 16.7. The quantitative estimate of drug-likeness (QED) is 0.271. The number of hydrogen-bond donors (Lipinski definition) is 2. The number of alkyl halides is 2. The van der Waals surface area contributed by atoms with Gasteiger partial charge in [-0.3, -0.25) is 9.97 Å². The van der Waals surface area contributed by atoms with Gasteiger partial charge in [0.1, 0.15) is 11.2 Å². The highest BCUT2D eigenvalue weighted by Crippen LogP contribution is 2.41. The maximum absolute atomic E-state index is 15.4. The number of carbonyl (C=O) groups is 2. The highest BCUT2D eigenvalue weighted by atomic mass is 35.5. The molecule has 2 aliphatic heterocycles. The first-order valence-corrected chi connectivity index (χ1v) is 17.5. The lowest BCUT2D eigenvalue weighted by Crippen LogP contribution is -2.45. The molecule has 0 unspecified atom stereocenters. The van der Waals surface area contributed by atoms with Gasteiger partial charge >= 0.3 is 12.2 Å². The molecule has 2 amide bonds. The zero-order chi connectivity index (χ0) is 37.5. The molecule has 2 fully saturated rings. The Balaban J connectivity index is 0.000000348. The number of aliphatic hydroxyl groups excluding tert-OH is 2. The Bertz CT molecular complexity index is 1480. The van der Waals surface area contributed by atoms with Crippen LogP contribution in [0.5, 0.6) is 0 Å². The van der Waals surface area contributed by atoms with Gasteiger partial charge in [-0.1, -0.05) is 36.7 Å². The van der Waals surface area contributed by atoms with E-state index in [1.165, 1.54) is 16.0 Å². The van der Waals surface area contributed by atoms with Crippen molar-refractivity contribution in [3.63, 3.8) is 0 Å². The number of amides is 2. The second-order valence-corrected chi connectivity index (χ2v) is 15.6. The Kier molecular flexibility index (Phi) is 15.7. The second-order valence-electron chi connectivity index (χ2n) is 14.7. The molecule has 0 spiro atoms. The molecule has 0 aromatic carbocycles. The molecule has 4 heterocycles. The molecule has 1 atom stereocenters. The molecule has 4 rings (SSSR count). The summed E-state index contributed by atoms with van der Waals surface area (Å²) < 4.78 is 41.3. The van der Waals surface area contributed by atoms with Gasteiger partial charge in [-0.25, -0.2) is 18.4 Å². The molecule has 51 heavy (non-hydrogen) atoms. The van der Waals surface area contributed by atoms with E-state index in [2.05, 4.69) is 16.5 Å². The highest BCUT2D eigenvalue weighted by Gasteiger charge is 2.42. The van der Waals surface area contributed by atoms with Crippen LogP contribution in [-0.2, 0) is 33.7 Å². The minimum atomic E-state index is -1.72. The number of nitrogens with zero attached hydrogens (tertiary/aromatic N) is 4. The molecule has 2 aromatic rings. The minimum Gasteiger partial charge on any atom is -0.444 e. The Morgan fingerprint density at radius 1 is 0.863 bits per heavy atom. The van der Waals surface area contributed by atoms with Crippen LogP contribution >= 0.6 is 23.2 Å². The van der Waals surface area contributed by atoms with E-state index in [9.17, 15) is 14.7 Å². The van der Waals surface area contributed by atoms with Gasteiger partial charge in [-0.15, -0.1) is 6.58 Å². The molecule has 14 heteroatoms. The molecule has 286 valence electrons. The molecule has 0 radical (unpaired) electrons. The van der Waals surface area contributed by atoms with Crippen LogP contribution in [-0.4, -0.2) is 92.3 Å². The summed E-state index contributed by atoms with van der Waals surface area (Å²) >= 11 is 12.4. The summed E-state index contributed by atoms with van der Waals surface area (Å²) in [5.74, 6) is 0. The maximum atomic E-state index is 15.4. The predicted octanol–water partition coefficient (Wildman–Crippen LogP) is 8.12. The van der Waals surface area contributed by atoms with E-state index in [1.54, 1.807) is 45.2 Å². The second kappa shape index (κ2) is 18.1. The Hall–Kier alpha value is -3.06. The number of piperidine rings is 2. The van der Waals surface area contributed by atoms with E-state index in [0.29, 0.717) is 17.0 Å². The number of allylic oxidation sites excluding steroid dienone is 1. The minimum absolute atomic E-state index is 0. The van der Waals surface area contributed by atoms with Crippen LogP contribution in [0.25, 0.3) is 0 Å². The first-order chi connectivity index (χ1) is 23.2. The summed E-state index contributed by atoms with van der Waals surface area (Å²) in [6.45, 7) is 15.1. The van der Waals surface area contributed by atoms with Crippen molar-refractivity contribution in [1.82, 2.24) is 19.8 Å². The number of aromatic nitrogens is 2. The van der Waals surface area contributed by atoms with Crippen LogP contribution < -0.4 is 0 Å². The van der Waals surface area contributed by atoms with E-state index in [-0.39, 0.29) is 88.7 Å². The van der Waals surface area contributed by atoms with Crippen molar-refractivity contribution in [2.24, 2.45) is 0 Å². The number of ether oxygens (including phenoxy) is 2. The van der Waals surface area contributed by atoms with Gasteiger partial charge in [0.05, 0.1) is 34.1 Å². The third-order valence-electron chi connectivity index (χ3n) is 8.12. The summed E-state index contributed by atoms with van der Waals surface area (Å²) in [6.07, 6.45) is 4.36.